The number of nitrogens with one attached hydrogen (secondary N) is 2. The quantitative estimate of drug-likeness (QED) is 0.410. The van der Waals surface area contributed by atoms with Crippen LogP contribution >= 0.6 is 11.6 Å². The highest BCUT2D eigenvalue weighted by Crippen LogP contribution is 2.29. The van der Waals surface area contributed by atoms with E-state index < -0.39 is 16.2 Å². The third-order valence-electron chi connectivity index (χ3n) is 3.84. The lowest BCUT2D eigenvalue weighted by Crippen LogP contribution is -2.13. The average molecular weight is 434 g/mol. The smallest absolute Gasteiger partial charge is 0.449 e. The zero-order chi connectivity index (χ0) is 20.6. The fourth-order valence-corrected chi connectivity index (χ4v) is 3.94. The van der Waals surface area contributed by atoms with Gasteiger partial charge in [0.25, 0.3) is 10.0 Å². The van der Waals surface area contributed by atoms with Crippen LogP contribution in [-0.2, 0) is 10.0 Å². The molecule has 4 aromatic rings. The zero-order valence-corrected chi connectivity index (χ0v) is 16.0. The third-order valence-corrected chi connectivity index (χ3v) is 5.53. The number of hydrogen-bond donors (Lipinski definition) is 3. The van der Waals surface area contributed by atoms with Gasteiger partial charge in [-0.25, -0.2) is 22.9 Å². The van der Waals surface area contributed by atoms with E-state index in [-0.39, 0.29) is 27.3 Å². The van der Waals surface area contributed by atoms with Gasteiger partial charge in [0.05, 0.1) is 39.0 Å². The van der Waals surface area contributed by atoms with Crippen LogP contribution in [0, 0.1) is 0 Å². The van der Waals surface area contributed by atoms with Crippen LogP contribution in [0.15, 0.2) is 59.8 Å². The normalized spacial score (nSPS) is 11.5. The Labute approximate surface area is 168 Å². The molecule has 0 fully saturated rings. The van der Waals surface area contributed by atoms with Crippen molar-refractivity contribution in [3.8, 4) is 11.7 Å². The van der Waals surface area contributed by atoms with Crippen LogP contribution < -0.4 is 9.46 Å². The SMILES string of the molecule is O=C(O)Oc1cnn(-c2nc3cc(NS(=O)(=O)c4ccccc4)c(Cl)cc3[nH]2)c1. The number of halogens is 1. The van der Waals surface area contributed by atoms with E-state index in [1.165, 1.54) is 41.3 Å². The van der Waals surface area contributed by atoms with Gasteiger partial charge >= 0.3 is 6.16 Å². The standard InChI is InChI=1S/C17H12ClN5O5S/c18-12-6-14-15(7-13(12)22-29(26,27)11-4-2-1-3-5-11)21-16(20-14)23-9-10(8-19-23)28-17(24)25/h1-9,22H,(H,20,21)(H,24,25). The monoisotopic (exact) mass is 433 g/mol. The largest absolute Gasteiger partial charge is 0.511 e. The van der Waals surface area contributed by atoms with E-state index in [0.29, 0.717) is 11.0 Å². The summed E-state index contributed by atoms with van der Waals surface area (Å²) in [5.41, 5.74) is 1.12. The number of benzene rings is 2. The zero-order valence-electron chi connectivity index (χ0n) is 14.4. The second-order valence-electron chi connectivity index (χ2n) is 5.82. The predicted octanol–water partition coefficient (Wildman–Crippen LogP) is 3.26. The molecule has 4 rings (SSSR count). The fraction of sp³-hybridized carbons (Fsp3) is 0. The van der Waals surface area contributed by atoms with Gasteiger partial charge in [-0.3, -0.25) is 4.72 Å². The summed E-state index contributed by atoms with van der Waals surface area (Å²) in [5, 5.41) is 12.8. The third kappa shape index (κ3) is 3.86. The predicted molar refractivity (Wildman–Crippen MR) is 104 cm³/mol. The highest BCUT2D eigenvalue weighted by Gasteiger charge is 2.17. The van der Waals surface area contributed by atoms with E-state index in [9.17, 15) is 13.2 Å². The number of fused-ring (bicyclic) bond motifs is 1. The Morgan fingerprint density at radius 2 is 2.00 bits per heavy atom. The van der Waals surface area contributed by atoms with Crippen molar-refractivity contribution in [1.29, 1.82) is 0 Å². The molecule has 0 saturated carbocycles. The van der Waals surface area contributed by atoms with Crippen molar-refractivity contribution in [2.45, 2.75) is 4.90 Å². The average Bonchev–Trinajstić information content (AvgIpc) is 3.28. The van der Waals surface area contributed by atoms with E-state index in [1.54, 1.807) is 18.2 Å². The van der Waals surface area contributed by atoms with Crippen LogP contribution in [0.5, 0.6) is 5.75 Å². The first kappa shape index (κ1) is 18.8. The van der Waals surface area contributed by atoms with Crippen molar-refractivity contribution in [2.75, 3.05) is 4.72 Å². The number of anilines is 1. The number of H-pyrrole nitrogens is 1. The molecule has 0 aliphatic heterocycles. The van der Waals surface area contributed by atoms with Gasteiger partial charge in [-0.05, 0) is 24.3 Å². The van der Waals surface area contributed by atoms with Crippen LogP contribution in [0.4, 0.5) is 10.5 Å². The van der Waals surface area contributed by atoms with Crippen LogP contribution in [0.1, 0.15) is 0 Å². The lowest BCUT2D eigenvalue weighted by molar-refractivity contribution is 0.144. The Morgan fingerprint density at radius 3 is 2.72 bits per heavy atom. The highest BCUT2D eigenvalue weighted by molar-refractivity contribution is 7.92. The number of nitrogens with zero attached hydrogens (tertiary/aromatic N) is 3. The molecule has 0 bridgehead atoms. The van der Waals surface area contributed by atoms with Crippen molar-refractivity contribution in [2.24, 2.45) is 0 Å². The number of imidazole rings is 1. The number of rotatable bonds is 5. The van der Waals surface area contributed by atoms with Gasteiger partial charge in [0.15, 0.2) is 5.75 Å². The van der Waals surface area contributed by atoms with Gasteiger partial charge in [-0.2, -0.15) is 5.10 Å². The Kier molecular flexibility index (Phi) is 4.60. The summed E-state index contributed by atoms with van der Waals surface area (Å²) in [4.78, 5) is 18.0. The first-order valence-corrected chi connectivity index (χ1v) is 9.91. The number of carbonyl (C=O) groups is 1. The van der Waals surface area contributed by atoms with Gasteiger partial charge in [-0.1, -0.05) is 29.8 Å². The molecular formula is C17H12ClN5O5S. The molecule has 29 heavy (non-hydrogen) atoms. The number of hydrogen-bond acceptors (Lipinski definition) is 6. The van der Waals surface area contributed by atoms with E-state index in [1.807, 2.05) is 0 Å². The number of carboxylic acid groups (broad SMARTS) is 1. The summed E-state index contributed by atoms with van der Waals surface area (Å²) < 4.78 is 33.3. The Balaban J connectivity index is 1.67. The van der Waals surface area contributed by atoms with Crippen molar-refractivity contribution in [1.82, 2.24) is 19.7 Å². The van der Waals surface area contributed by atoms with Crippen LogP contribution in [0.2, 0.25) is 5.02 Å². The molecular weight excluding hydrogens is 422 g/mol. The minimum atomic E-state index is -3.82. The molecule has 0 unspecified atom stereocenters. The van der Waals surface area contributed by atoms with Gasteiger partial charge in [0.1, 0.15) is 0 Å². The number of ether oxygens (including phenoxy) is 1. The first-order chi connectivity index (χ1) is 13.8. The minimum Gasteiger partial charge on any atom is -0.449 e. The number of aromatic amines is 1. The molecule has 0 spiro atoms. The van der Waals surface area contributed by atoms with Gasteiger partial charge in [-0.15, -0.1) is 0 Å². The van der Waals surface area contributed by atoms with E-state index in [0.717, 1.165) is 0 Å². The number of sulfonamides is 1. The molecule has 0 radical (unpaired) electrons. The number of aromatic nitrogens is 4. The molecule has 2 heterocycles. The second kappa shape index (κ2) is 7.11. The van der Waals surface area contributed by atoms with Crippen LogP contribution in [0.25, 0.3) is 17.0 Å². The molecule has 2 aromatic heterocycles. The van der Waals surface area contributed by atoms with Gasteiger partial charge < -0.3 is 14.8 Å². The molecule has 10 nitrogen and oxygen atoms in total. The van der Waals surface area contributed by atoms with Crippen LogP contribution in [-0.4, -0.2) is 39.4 Å². The van der Waals surface area contributed by atoms with Crippen molar-refractivity contribution < 1.29 is 23.1 Å². The Bertz CT molecular complexity index is 1320. The van der Waals surface area contributed by atoms with Crippen LogP contribution in [0.3, 0.4) is 0 Å². The fourth-order valence-electron chi connectivity index (χ4n) is 2.58. The summed E-state index contributed by atoms with van der Waals surface area (Å²) in [6, 6.07) is 10.9. The summed E-state index contributed by atoms with van der Waals surface area (Å²) in [7, 11) is -3.82. The summed E-state index contributed by atoms with van der Waals surface area (Å²) >= 11 is 6.23. The van der Waals surface area contributed by atoms with Crippen molar-refractivity contribution in [3.63, 3.8) is 0 Å². The van der Waals surface area contributed by atoms with Gasteiger partial charge in [0, 0.05) is 0 Å². The van der Waals surface area contributed by atoms with E-state index >= 15 is 0 Å². The maximum absolute atomic E-state index is 12.5. The maximum atomic E-state index is 12.5. The Hall–Kier alpha value is -3.57. The molecule has 0 aliphatic rings. The maximum Gasteiger partial charge on any atom is 0.511 e. The van der Waals surface area contributed by atoms with Crippen molar-refractivity contribution in [3.05, 3.63) is 59.9 Å². The summed E-state index contributed by atoms with van der Waals surface area (Å²) in [5.74, 6) is 0.284. The highest BCUT2D eigenvalue weighted by atomic mass is 35.5. The van der Waals surface area contributed by atoms with E-state index in [4.69, 9.17) is 16.7 Å². The summed E-state index contributed by atoms with van der Waals surface area (Å²) in [6.45, 7) is 0. The van der Waals surface area contributed by atoms with E-state index in [2.05, 4.69) is 24.5 Å². The molecule has 3 N–H and O–H groups in total. The second-order valence-corrected chi connectivity index (χ2v) is 7.91. The molecule has 0 amide bonds. The minimum absolute atomic E-state index is 0.0206. The topological polar surface area (TPSA) is 139 Å². The lowest BCUT2D eigenvalue weighted by atomic mass is 10.3. The lowest BCUT2D eigenvalue weighted by Gasteiger charge is -2.09. The molecule has 12 heteroatoms. The molecule has 0 saturated heterocycles. The Morgan fingerprint density at radius 1 is 1.24 bits per heavy atom. The molecule has 0 aliphatic carbocycles. The molecule has 0 atom stereocenters. The molecule has 2 aromatic carbocycles. The van der Waals surface area contributed by atoms with Gasteiger partial charge in [0.2, 0.25) is 5.95 Å². The van der Waals surface area contributed by atoms with Crippen molar-refractivity contribution >= 4 is 44.5 Å². The molecule has 148 valence electrons. The summed E-state index contributed by atoms with van der Waals surface area (Å²) in [6.07, 6.45) is 1.08. The first-order valence-electron chi connectivity index (χ1n) is 8.05.